The number of nitrogens with zero attached hydrogens (tertiary/aromatic N) is 1. The lowest BCUT2D eigenvalue weighted by Gasteiger charge is -2.19. The number of halogens is 2. The zero-order valence-electron chi connectivity index (χ0n) is 19.1. The van der Waals surface area contributed by atoms with Gasteiger partial charge in [0.1, 0.15) is 0 Å². The van der Waals surface area contributed by atoms with Gasteiger partial charge in [0.25, 0.3) is 5.91 Å². The third kappa shape index (κ3) is 5.66. The molecular weight excluding hydrogens is 459 g/mol. The molecule has 2 aromatic carbocycles. The summed E-state index contributed by atoms with van der Waals surface area (Å²) in [7, 11) is 0. The molecule has 7 heteroatoms. The van der Waals surface area contributed by atoms with Gasteiger partial charge in [0.15, 0.2) is 0 Å². The van der Waals surface area contributed by atoms with Crippen molar-refractivity contribution in [1.29, 1.82) is 0 Å². The highest BCUT2D eigenvalue weighted by atomic mass is 35.5. The molecule has 33 heavy (non-hydrogen) atoms. The van der Waals surface area contributed by atoms with Crippen LogP contribution in [0.5, 0.6) is 0 Å². The van der Waals surface area contributed by atoms with Crippen LogP contribution in [0.25, 0.3) is 10.9 Å². The summed E-state index contributed by atoms with van der Waals surface area (Å²) in [5.74, 6) is -0.813. The molecule has 1 heterocycles. The highest BCUT2D eigenvalue weighted by molar-refractivity contribution is 6.40. The van der Waals surface area contributed by atoms with Crippen molar-refractivity contribution in [2.45, 2.75) is 46.5 Å². The lowest BCUT2D eigenvalue weighted by Crippen LogP contribution is -2.21. The minimum Gasteiger partial charge on any atom is -0.466 e. The third-order valence-corrected chi connectivity index (χ3v) is 6.25. The number of amides is 1. The van der Waals surface area contributed by atoms with Crippen LogP contribution in [0.2, 0.25) is 10.0 Å². The Kier molecular flexibility index (Phi) is 8.70. The fraction of sp³-hybridized carbons (Fsp3) is 0.346. The topological polar surface area (TPSA) is 68.3 Å². The molecule has 3 aromatic rings. The summed E-state index contributed by atoms with van der Waals surface area (Å²) < 4.78 is 5.33. The van der Waals surface area contributed by atoms with Crippen LogP contribution in [0.3, 0.4) is 0 Å². The quantitative estimate of drug-likeness (QED) is 0.334. The summed E-state index contributed by atoms with van der Waals surface area (Å²) in [5.41, 5.74) is 3.56. The number of anilines is 1. The standard InChI is InChI=1S/C26H28Cl2N2O3/c1-4-9-17(26(32)33-6-3)14-19-16(5-2)15-29-24-18(19)10-7-13-22(24)30-25(31)23-20(27)11-8-12-21(23)28/h7-8,10-13,15,17H,4-6,9,14H2,1-3H3,(H,30,31). The second kappa shape index (κ2) is 11.5. The van der Waals surface area contributed by atoms with E-state index in [0.29, 0.717) is 24.2 Å². The zero-order chi connectivity index (χ0) is 24.0. The van der Waals surface area contributed by atoms with Crippen LogP contribution >= 0.6 is 23.2 Å². The lowest BCUT2D eigenvalue weighted by atomic mass is 9.89. The molecule has 1 atom stereocenters. The van der Waals surface area contributed by atoms with Crippen molar-refractivity contribution in [1.82, 2.24) is 4.98 Å². The summed E-state index contributed by atoms with van der Waals surface area (Å²) >= 11 is 12.4. The number of esters is 1. The number of nitrogens with one attached hydrogen (secondary N) is 1. The number of carbonyl (C=O) groups is 2. The van der Waals surface area contributed by atoms with Gasteiger partial charge in [-0.3, -0.25) is 14.6 Å². The fourth-order valence-corrected chi connectivity index (χ4v) is 4.59. The van der Waals surface area contributed by atoms with Crippen molar-refractivity contribution in [3.63, 3.8) is 0 Å². The Labute approximate surface area is 204 Å². The predicted molar refractivity (Wildman–Crippen MR) is 134 cm³/mol. The van der Waals surface area contributed by atoms with E-state index in [2.05, 4.69) is 24.1 Å². The van der Waals surface area contributed by atoms with Crippen LogP contribution in [0.15, 0.2) is 42.6 Å². The van der Waals surface area contributed by atoms with Crippen molar-refractivity contribution in [2.24, 2.45) is 5.92 Å². The van der Waals surface area contributed by atoms with Crippen molar-refractivity contribution in [3.05, 3.63) is 69.3 Å². The van der Waals surface area contributed by atoms with Crippen molar-refractivity contribution in [3.8, 4) is 0 Å². The number of aryl methyl sites for hydroxylation is 1. The maximum atomic E-state index is 13.0. The minimum absolute atomic E-state index is 0.177. The molecule has 1 N–H and O–H groups in total. The van der Waals surface area contributed by atoms with E-state index in [9.17, 15) is 9.59 Å². The molecule has 0 aliphatic rings. The maximum absolute atomic E-state index is 13.0. The molecule has 0 radical (unpaired) electrons. The molecule has 3 rings (SSSR count). The van der Waals surface area contributed by atoms with E-state index in [4.69, 9.17) is 27.9 Å². The van der Waals surface area contributed by atoms with Gasteiger partial charge >= 0.3 is 5.97 Å². The smallest absolute Gasteiger partial charge is 0.309 e. The Balaban J connectivity index is 2.03. The van der Waals surface area contributed by atoms with Crippen LogP contribution < -0.4 is 5.32 Å². The molecule has 0 fully saturated rings. The molecule has 0 aliphatic heterocycles. The van der Waals surface area contributed by atoms with Crippen LogP contribution in [0.4, 0.5) is 5.69 Å². The molecule has 0 bridgehead atoms. The van der Waals surface area contributed by atoms with E-state index in [0.717, 1.165) is 35.8 Å². The zero-order valence-corrected chi connectivity index (χ0v) is 20.6. The number of ether oxygens (including phenoxy) is 1. The molecule has 1 unspecified atom stereocenters. The Morgan fingerprint density at radius 1 is 1.06 bits per heavy atom. The van der Waals surface area contributed by atoms with Gasteiger partial charge in [-0.25, -0.2) is 0 Å². The number of hydrogen-bond donors (Lipinski definition) is 1. The lowest BCUT2D eigenvalue weighted by molar-refractivity contribution is -0.148. The van der Waals surface area contributed by atoms with Gasteiger partial charge < -0.3 is 10.1 Å². The number of rotatable bonds is 9. The normalized spacial score (nSPS) is 11.9. The van der Waals surface area contributed by atoms with E-state index >= 15 is 0 Å². The summed E-state index contributed by atoms with van der Waals surface area (Å²) in [6, 6.07) is 10.6. The first-order chi connectivity index (χ1) is 15.9. The molecule has 0 saturated heterocycles. The highest BCUT2D eigenvalue weighted by Gasteiger charge is 2.23. The number of para-hydroxylation sites is 1. The van der Waals surface area contributed by atoms with E-state index in [1.54, 1.807) is 24.3 Å². The summed E-state index contributed by atoms with van der Waals surface area (Å²) in [6.07, 6.45) is 4.79. The molecule has 1 amide bonds. The van der Waals surface area contributed by atoms with Crippen LogP contribution in [0, 0.1) is 5.92 Å². The summed E-state index contributed by atoms with van der Waals surface area (Å²) in [4.78, 5) is 30.2. The Bertz CT molecular complexity index is 1140. The van der Waals surface area contributed by atoms with Gasteiger partial charge in [-0.05, 0) is 55.5 Å². The molecule has 174 valence electrons. The second-order valence-corrected chi connectivity index (χ2v) is 8.62. The highest BCUT2D eigenvalue weighted by Crippen LogP contribution is 2.31. The third-order valence-electron chi connectivity index (χ3n) is 5.62. The van der Waals surface area contributed by atoms with Crippen LogP contribution in [-0.2, 0) is 22.4 Å². The Morgan fingerprint density at radius 3 is 2.39 bits per heavy atom. The maximum Gasteiger partial charge on any atom is 0.309 e. The predicted octanol–water partition coefficient (Wildman–Crippen LogP) is 6.88. The largest absolute Gasteiger partial charge is 0.466 e. The number of aromatic nitrogens is 1. The SMILES string of the molecule is CCCC(Cc1c(CC)cnc2c(NC(=O)c3c(Cl)cccc3Cl)cccc12)C(=O)OCC. The Hall–Kier alpha value is -2.63. The summed E-state index contributed by atoms with van der Waals surface area (Å²) in [5, 5.41) is 4.37. The monoisotopic (exact) mass is 486 g/mol. The van der Waals surface area contributed by atoms with Gasteiger partial charge in [0.2, 0.25) is 0 Å². The average Bonchev–Trinajstić information content (AvgIpc) is 2.79. The fourth-order valence-electron chi connectivity index (χ4n) is 4.02. The molecular formula is C26H28Cl2N2O3. The van der Waals surface area contributed by atoms with E-state index in [-0.39, 0.29) is 27.5 Å². The molecule has 0 spiro atoms. The van der Waals surface area contributed by atoms with Crippen molar-refractivity contribution < 1.29 is 14.3 Å². The van der Waals surface area contributed by atoms with Gasteiger partial charge in [0, 0.05) is 11.6 Å². The first kappa shape index (κ1) is 25.0. The van der Waals surface area contributed by atoms with E-state index < -0.39 is 5.91 Å². The molecule has 0 aliphatic carbocycles. The van der Waals surface area contributed by atoms with Crippen LogP contribution in [0.1, 0.15) is 55.1 Å². The molecule has 1 aromatic heterocycles. The van der Waals surface area contributed by atoms with Gasteiger partial charge in [-0.15, -0.1) is 0 Å². The number of pyridine rings is 1. The van der Waals surface area contributed by atoms with Gasteiger partial charge in [-0.2, -0.15) is 0 Å². The van der Waals surface area contributed by atoms with Crippen LogP contribution in [-0.4, -0.2) is 23.5 Å². The molecule has 0 saturated carbocycles. The average molecular weight is 487 g/mol. The first-order valence-corrected chi connectivity index (χ1v) is 12.0. The van der Waals surface area contributed by atoms with Gasteiger partial charge in [-0.1, -0.05) is 61.7 Å². The number of hydrogen-bond acceptors (Lipinski definition) is 4. The summed E-state index contributed by atoms with van der Waals surface area (Å²) in [6.45, 7) is 6.31. The minimum atomic E-state index is -0.406. The second-order valence-electron chi connectivity index (χ2n) is 7.81. The van der Waals surface area contributed by atoms with Crippen molar-refractivity contribution >= 4 is 51.7 Å². The first-order valence-electron chi connectivity index (χ1n) is 11.2. The van der Waals surface area contributed by atoms with E-state index in [1.165, 1.54) is 0 Å². The van der Waals surface area contributed by atoms with Crippen molar-refractivity contribution in [2.75, 3.05) is 11.9 Å². The number of carbonyl (C=O) groups excluding carboxylic acids is 2. The number of benzene rings is 2. The van der Waals surface area contributed by atoms with E-state index in [1.807, 2.05) is 25.3 Å². The number of fused-ring (bicyclic) bond motifs is 1. The Morgan fingerprint density at radius 2 is 1.76 bits per heavy atom. The van der Waals surface area contributed by atoms with Gasteiger partial charge in [0.05, 0.1) is 39.3 Å². The molecule has 5 nitrogen and oxygen atoms in total.